The van der Waals surface area contributed by atoms with Gasteiger partial charge in [-0.3, -0.25) is 4.79 Å². The molecule has 10 heteroatoms. The van der Waals surface area contributed by atoms with Crippen molar-refractivity contribution in [2.24, 2.45) is 0 Å². The van der Waals surface area contributed by atoms with E-state index in [4.69, 9.17) is 4.52 Å². The number of rotatable bonds is 5. The molecule has 0 fully saturated rings. The number of nitrogens with zero attached hydrogens (tertiary/aromatic N) is 5. The van der Waals surface area contributed by atoms with E-state index >= 15 is 0 Å². The smallest absolute Gasteiger partial charge is 0.317 e. The summed E-state index contributed by atoms with van der Waals surface area (Å²) in [7, 11) is 0. The molecule has 2 aromatic heterocycles. The molecular weight excluding hydrogens is 410 g/mol. The van der Waals surface area contributed by atoms with Crippen molar-refractivity contribution in [1.82, 2.24) is 35.7 Å². The zero-order valence-electron chi connectivity index (χ0n) is 18.7. The highest BCUT2D eigenvalue weighted by molar-refractivity contribution is 5.93. The molecule has 1 aromatic carbocycles. The van der Waals surface area contributed by atoms with Crippen molar-refractivity contribution in [2.45, 2.75) is 53.2 Å². The van der Waals surface area contributed by atoms with Gasteiger partial charge in [0.15, 0.2) is 11.5 Å². The minimum Gasteiger partial charge on any atom is -0.359 e. The summed E-state index contributed by atoms with van der Waals surface area (Å²) in [5.41, 5.74) is 4.71. The van der Waals surface area contributed by atoms with E-state index in [-0.39, 0.29) is 30.2 Å². The van der Waals surface area contributed by atoms with Crippen molar-refractivity contribution in [3.05, 3.63) is 58.2 Å². The maximum atomic E-state index is 12.6. The number of benzene rings is 1. The van der Waals surface area contributed by atoms with E-state index in [1.165, 1.54) is 0 Å². The highest BCUT2D eigenvalue weighted by Gasteiger charge is 2.25. The summed E-state index contributed by atoms with van der Waals surface area (Å²) in [6.45, 7) is 8.89. The van der Waals surface area contributed by atoms with E-state index in [9.17, 15) is 9.59 Å². The summed E-state index contributed by atoms with van der Waals surface area (Å²) in [6.07, 6.45) is 0.697. The second-order valence-corrected chi connectivity index (χ2v) is 8.24. The van der Waals surface area contributed by atoms with Gasteiger partial charge in [0.25, 0.3) is 5.91 Å². The third-order valence-electron chi connectivity index (χ3n) is 5.38. The van der Waals surface area contributed by atoms with Crippen LogP contribution < -0.4 is 10.6 Å². The Morgan fingerprint density at radius 3 is 2.78 bits per heavy atom. The second-order valence-electron chi connectivity index (χ2n) is 8.24. The van der Waals surface area contributed by atoms with Gasteiger partial charge >= 0.3 is 6.03 Å². The largest absolute Gasteiger partial charge is 0.359 e. The number of carbonyl (C=O) groups excluding carboxylic acids is 2. The normalized spacial score (nSPS) is 13.2. The van der Waals surface area contributed by atoms with Gasteiger partial charge in [-0.1, -0.05) is 22.5 Å². The van der Waals surface area contributed by atoms with E-state index in [0.717, 1.165) is 22.5 Å². The average molecular weight is 438 g/mol. The monoisotopic (exact) mass is 437 g/mol. The first kappa shape index (κ1) is 21.5. The van der Waals surface area contributed by atoms with E-state index in [1.807, 2.05) is 50.8 Å². The van der Waals surface area contributed by atoms with Gasteiger partial charge in [0.2, 0.25) is 0 Å². The lowest BCUT2D eigenvalue weighted by molar-refractivity contribution is 0.0941. The van der Waals surface area contributed by atoms with Crippen LogP contribution in [-0.2, 0) is 19.5 Å². The standard InChI is InChI=1S/C22H27N7O3/c1-13(2)24-22(31)28-9-8-18-16(12-28)6-5-7-19(18)29-15(4)20(25-27-29)21(30)23-11-17-10-14(3)26-32-17/h5-7,10,13H,8-9,11-12H2,1-4H3,(H,23,30)(H,24,31). The summed E-state index contributed by atoms with van der Waals surface area (Å²) < 4.78 is 6.82. The average Bonchev–Trinajstić information content (AvgIpc) is 3.36. The van der Waals surface area contributed by atoms with Crippen LogP contribution in [0.3, 0.4) is 0 Å². The van der Waals surface area contributed by atoms with Crippen LogP contribution in [0.2, 0.25) is 0 Å². The molecule has 10 nitrogen and oxygen atoms in total. The molecule has 0 saturated carbocycles. The fourth-order valence-electron chi connectivity index (χ4n) is 3.82. The third kappa shape index (κ3) is 4.34. The van der Waals surface area contributed by atoms with Crippen LogP contribution in [0.1, 0.15) is 52.6 Å². The lowest BCUT2D eigenvalue weighted by atomic mass is 9.98. The van der Waals surface area contributed by atoms with Crippen LogP contribution in [0.4, 0.5) is 4.79 Å². The predicted octanol–water partition coefficient (Wildman–Crippen LogP) is 2.28. The van der Waals surface area contributed by atoms with Crippen LogP contribution >= 0.6 is 0 Å². The number of aryl methyl sites for hydroxylation is 1. The van der Waals surface area contributed by atoms with Crippen molar-refractivity contribution in [1.29, 1.82) is 0 Å². The Labute approximate surface area is 185 Å². The molecule has 2 N–H and O–H groups in total. The highest BCUT2D eigenvalue weighted by atomic mass is 16.5. The fourth-order valence-corrected chi connectivity index (χ4v) is 3.82. The minimum atomic E-state index is -0.330. The number of urea groups is 1. The molecule has 1 aliphatic rings. The molecular formula is C22H27N7O3. The maximum absolute atomic E-state index is 12.6. The van der Waals surface area contributed by atoms with E-state index in [1.54, 1.807) is 10.7 Å². The van der Waals surface area contributed by atoms with Gasteiger partial charge in [-0.15, -0.1) is 5.10 Å². The first-order valence-electron chi connectivity index (χ1n) is 10.6. The summed E-state index contributed by atoms with van der Waals surface area (Å²) in [5, 5.41) is 17.9. The summed E-state index contributed by atoms with van der Waals surface area (Å²) in [5.74, 6) is 0.244. The first-order chi connectivity index (χ1) is 15.3. The minimum absolute atomic E-state index is 0.0612. The van der Waals surface area contributed by atoms with Crippen LogP contribution in [0.15, 0.2) is 28.8 Å². The number of amides is 3. The number of carbonyl (C=O) groups is 2. The van der Waals surface area contributed by atoms with E-state index < -0.39 is 0 Å². The van der Waals surface area contributed by atoms with Crippen molar-refractivity contribution in [3.8, 4) is 5.69 Å². The van der Waals surface area contributed by atoms with Crippen molar-refractivity contribution < 1.29 is 14.1 Å². The van der Waals surface area contributed by atoms with Crippen molar-refractivity contribution in [2.75, 3.05) is 6.54 Å². The lowest BCUT2D eigenvalue weighted by Crippen LogP contribution is -2.45. The molecule has 0 unspecified atom stereocenters. The Hall–Kier alpha value is -3.69. The molecule has 4 rings (SSSR count). The van der Waals surface area contributed by atoms with Crippen molar-refractivity contribution in [3.63, 3.8) is 0 Å². The number of nitrogens with one attached hydrogen (secondary N) is 2. The topological polar surface area (TPSA) is 118 Å². The fraction of sp³-hybridized carbons (Fsp3) is 0.409. The number of fused-ring (bicyclic) bond motifs is 1. The molecule has 0 aliphatic carbocycles. The molecule has 3 heterocycles. The van der Waals surface area contributed by atoms with Gasteiger partial charge in [0, 0.05) is 25.2 Å². The molecule has 32 heavy (non-hydrogen) atoms. The number of aromatic nitrogens is 4. The molecule has 0 radical (unpaired) electrons. The Balaban J connectivity index is 1.52. The van der Waals surface area contributed by atoms with Crippen LogP contribution in [-0.4, -0.2) is 49.6 Å². The molecule has 0 atom stereocenters. The molecule has 168 valence electrons. The molecule has 0 saturated heterocycles. The SMILES string of the molecule is Cc1cc(CNC(=O)c2nnn(-c3cccc4c3CCN(C(=O)NC(C)C)C4)c2C)on1. The van der Waals surface area contributed by atoms with Crippen LogP contribution in [0.5, 0.6) is 0 Å². The zero-order valence-corrected chi connectivity index (χ0v) is 18.7. The first-order valence-corrected chi connectivity index (χ1v) is 10.6. The van der Waals surface area contributed by atoms with E-state index in [0.29, 0.717) is 31.0 Å². The van der Waals surface area contributed by atoms with Gasteiger partial charge in [-0.25, -0.2) is 9.48 Å². The summed E-state index contributed by atoms with van der Waals surface area (Å²) in [4.78, 5) is 26.9. The highest BCUT2D eigenvalue weighted by Crippen LogP contribution is 2.26. The van der Waals surface area contributed by atoms with Crippen LogP contribution in [0.25, 0.3) is 5.69 Å². The van der Waals surface area contributed by atoms with Gasteiger partial charge < -0.3 is 20.1 Å². The Kier molecular flexibility index (Phi) is 5.93. The number of hydrogen-bond acceptors (Lipinski definition) is 6. The Morgan fingerprint density at radius 1 is 1.25 bits per heavy atom. The molecule has 3 aromatic rings. The number of hydrogen-bond donors (Lipinski definition) is 2. The summed E-state index contributed by atoms with van der Waals surface area (Å²) in [6, 6.07) is 7.71. The molecule has 0 bridgehead atoms. The quantitative estimate of drug-likeness (QED) is 0.632. The third-order valence-corrected chi connectivity index (χ3v) is 5.38. The van der Waals surface area contributed by atoms with Gasteiger partial charge in [-0.05, 0) is 51.3 Å². The Bertz CT molecular complexity index is 1150. The zero-order chi connectivity index (χ0) is 22.8. The van der Waals surface area contributed by atoms with Crippen LogP contribution in [0, 0.1) is 13.8 Å². The Morgan fingerprint density at radius 2 is 2.06 bits per heavy atom. The molecule has 1 aliphatic heterocycles. The second kappa shape index (κ2) is 8.81. The van der Waals surface area contributed by atoms with E-state index in [2.05, 4.69) is 26.1 Å². The molecule has 3 amide bonds. The predicted molar refractivity (Wildman–Crippen MR) is 116 cm³/mol. The molecule has 0 spiro atoms. The maximum Gasteiger partial charge on any atom is 0.317 e. The lowest BCUT2D eigenvalue weighted by Gasteiger charge is -2.30. The van der Waals surface area contributed by atoms with Gasteiger partial charge in [0.1, 0.15) is 0 Å². The summed E-state index contributed by atoms with van der Waals surface area (Å²) >= 11 is 0. The van der Waals surface area contributed by atoms with Crippen molar-refractivity contribution >= 4 is 11.9 Å². The van der Waals surface area contributed by atoms with Gasteiger partial charge in [0.05, 0.1) is 23.6 Å². The van der Waals surface area contributed by atoms with Gasteiger partial charge in [-0.2, -0.15) is 0 Å².